The number of rotatable bonds is 26. The third-order valence-corrected chi connectivity index (χ3v) is 7.23. The van der Waals surface area contributed by atoms with Gasteiger partial charge in [0, 0.05) is 12.6 Å². The summed E-state index contributed by atoms with van der Waals surface area (Å²) in [7, 11) is 5.77. The predicted octanol–water partition coefficient (Wildman–Crippen LogP) is 7.48. The lowest BCUT2D eigenvalue weighted by molar-refractivity contribution is -0.0465. The summed E-state index contributed by atoms with van der Waals surface area (Å²) in [6.07, 6.45) is 25.6. The molecule has 2 N–H and O–H groups in total. The van der Waals surface area contributed by atoms with E-state index in [1.165, 1.54) is 122 Å². The number of aliphatic hydroxyl groups excluding tert-OH is 2. The zero-order valence-corrected chi connectivity index (χ0v) is 25.0. The van der Waals surface area contributed by atoms with E-state index in [0.717, 1.165) is 13.0 Å². The Morgan fingerprint density at radius 1 is 0.622 bits per heavy atom. The Balaban J connectivity index is 0.00000631. The van der Waals surface area contributed by atoms with E-state index in [4.69, 9.17) is 27.2 Å². The molecule has 5 nitrogen and oxygen atoms in total. The summed E-state index contributed by atoms with van der Waals surface area (Å²) < 4.78 is 16.4. The van der Waals surface area contributed by atoms with Crippen LogP contribution in [-0.4, -0.2) is 68.8 Å². The van der Waals surface area contributed by atoms with E-state index in [9.17, 15) is 5.11 Å². The first-order chi connectivity index (χ1) is 18.2. The molecule has 0 aliphatic carbocycles. The zero-order valence-electron chi connectivity index (χ0n) is 25.0. The molecule has 1 heterocycles. The molecule has 0 aromatic carbocycles. The Morgan fingerprint density at radius 2 is 1.03 bits per heavy atom. The minimum Gasteiger partial charge on any atom is -0.394 e. The molecule has 1 saturated heterocycles. The molecule has 0 amide bonds. The van der Waals surface area contributed by atoms with Crippen LogP contribution >= 0.6 is 0 Å². The molecule has 1 fully saturated rings. The second-order valence-electron chi connectivity index (χ2n) is 10.5. The Morgan fingerprint density at radius 3 is 1.41 bits per heavy atom. The van der Waals surface area contributed by atoms with Gasteiger partial charge < -0.3 is 24.4 Å². The van der Waals surface area contributed by atoms with Gasteiger partial charge in [0.25, 0.3) is 0 Å². The summed E-state index contributed by atoms with van der Waals surface area (Å²) in [6.45, 7) is 7.63. The highest BCUT2D eigenvalue weighted by Gasteiger charge is 2.41. The van der Waals surface area contributed by atoms with E-state index in [1.54, 1.807) is 0 Å². The second-order valence-corrected chi connectivity index (χ2v) is 10.5. The van der Waals surface area contributed by atoms with Gasteiger partial charge in [-0.05, 0) is 6.42 Å². The van der Waals surface area contributed by atoms with E-state index < -0.39 is 24.3 Å². The highest BCUT2D eigenvalue weighted by molar-refractivity contribution is 6.11. The lowest BCUT2D eigenvalue weighted by Crippen LogP contribution is -2.37. The monoisotopic (exact) mass is 526 g/mol. The van der Waals surface area contributed by atoms with E-state index >= 15 is 0 Å². The standard InChI is InChI=1S/C29H57BO5.C2H6/c1-2-3-4-5-6-7-8-9-10-11-12-13-14-15-16-17-18-19-20-21-22-33-23-24-34-28-27(32)26(25-31)35-29(28)30;1-2/h26-29,31-32H,2-25H2,1H3;1-2H3/t26?,27?,28-,29?;/m0./s1. The normalized spacial score (nSPS) is 21.2. The largest absolute Gasteiger partial charge is 0.394 e. The average molecular weight is 527 g/mol. The lowest BCUT2D eigenvalue weighted by atomic mass is 9.93. The maximum Gasteiger partial charge on any atom is 0.112 e. The van der Waals surface area contributed by atoms with Crippen molar-refractivity contribution in [3.8, 4) is 0 Å². The minimum absolute atomic E-state index is 0.259. The van der Waals surface area contributed by atoms with E-state index in [1.807, 2.05) is 13.8 Å². The molecule has 1 rings (SSSR count). The van der Waals surface area contributed by atoms with Crippen LogP contribution in [0.4, 0.5) is 0 Å². The fourth-order valence-corrected chi connectivity index (χ4v) is 4.91. The van der Waals surface area contributed by atoms with Crippen LogP contribution in [0.5, 0.6) is 0 Å². The number of ether oxygens (including phenoxy) is 3. The highest BCUT2D eigenvalue weighted by Crippen LogP contribution is 2.22. The molecule has 37 heavy (non-hydrogen) atoms. The summed E-state index contributed by atoms with van der Waals surface area (Å²) in [4.78, 5) is 0. The van der Waals surface area contributed by atoms with Crippen LogP contribution in [-0.2, 0) is 14.2 Å². The molecule has 1 aliphatic heterocycles. The van der Waals surface area contributed by atoms with Crippen molar-refractivity contribution < 1.29 is 24.4 Å². The highest BCUT2D eigenvalue weighted by atomic mass is 16.6. The van der Waals surface area contributed by atoms with Gasteiger partial charge in [0.1, 0.15) is 26.2 Å². The number of hydrogen-bond donors (Lipinski definition) is 2. The van der Waals surface area contributed by atoms with Gasteiger partial charge in [-0.3, -0.25) is 0 Å². The molecule has 6 heteroatoms. The summed E-state index contributed by atoms with van der Waals surface area (Å²) in [6, 6.07) is -0.702. The van der Waals surface area contributed by atoms with Gasteiger partial charge in [0.05, 0.1) is 19.8 Å². The molecule has 4 atom stereocenters. The number of hydrogen-bond acceptors (Lipinski definition) is 5. The maximum absolute atomic E-state index is 9.97. The molecule has 0 bridgehead atoms. The molecule has 0 aromatic heterocycles. The number of aliphatic hydroxyl groups is 2. The Bertz CT molecular complexity index is 440. The molecule has 1 aliphatic rings. The summed E-state index contributed by atoms with van der Waals surface area (Å²) in [5.74, 6) is 0. The molecule has 0 aromatic rings. The molecule has 2 radical (unpaired) electrons. The average Bonchev–Trinajstić information content (AvgIpc) is 3.19. The van der Waals surface area contributed by atoms with Gasteiger partial charge in [-0.1, -0.05) is 143 Å². The van der Waals surface area contributed by atoms with Crippen LogP contribution < -0.4 is 0 Å². The molecular formula is C31H63BO5. The van der Waals surface area contributed by atoms with Crippen LogP contribution in [0.2, 0.25) is 0 Å². The molecular weight excluding hydrogens is 463 g/mol. The van der Waals surface area contributed by atoms with Gasteiger partial charge in [-0.15, -0.1) is 0 Å². The first kappa shape index (κ1) is 36.9. The van der Waals surface area contributed by atoms with Crippen molar-refractivity contribution in [2.45, 2.75) is 174 Å². The van der Waals surface area contributed by atoms with Gasteiger partial charge in [-0.25, -0.2) is 0 Å². The van der Waals surface area contributed by atoms with Gasteiger partial charge >= 0.3 is 0 Å². The Kier molecular flexibility index (Phi) is 28.8. The van der Waals surface area contributed by atoms with Gasteiger partial charge in [-0.2, -0.15) is 0 Å². The first-order valence-corrected chi connectivity index (χ1v) is 16.1. The Labute approximate surface area is 232 Å². The van der Waals surface area contributed by atoms with Crippen LogP contribution in [0.3, 0.4) is 0 Å². The predicted molar refractivity (Wildman–Crippen MR) is 157 cm³/mol. The van der Waals surface area contributed by atoms with Crippen molar-refractivity contribution in [3.63, 3.8) is 0 Å². The lowest BCUT2D eigenvalue weighted by Gasteiger charge is -2.18. The summed E-state index contributed by atoms with van der Waals surface area (Å²) in [5, 5.41) is 19.1. The van der Waals surface area contributed by atoms with Crippen molar-refractivity contribution >= 4 is 7.85 Å². The second kappa shape index (κ2) is 28.9. The van der Waals surface area contributed by atoms with E-state index in [0.29, 0.717) is 13.2 Å². The summed E-state index contributed by atoms with van der Waals surface area (Å²) >= 11 is 0. The van der Waals surface area contributed by atoms with Crippen LogP contribution in [0.25, 0.3) is 0 Å². The van der Waals surface area contributed by atoms with Crippen molar-refractivity contribution in [3.05, 3.63) is 0 Å². The third kappa shape index (κ3) is 21.4. The van der Waals surface area contributed by atoms with E-state index in [-0.39, 0.29) is 6.61 Å². The third-order valence-electron chi connectivity index (χ3n) is 7.23. The van der Waals surface area contributed by atoms with Crippen LogP contribution in [0.1, 0.15) is 149 Å². The topological polar surface area (TPSA) is 68.2 Å². The van der Waals surface area contributed by atoms with Crippen LogP contribution in [0.15, 0.2) is 0 Å². The SMILES string of the molecule is CC.[B]C1OC(CO)C(O)[C@@H]1OCCOCCCCCCCCCCCCCCCCCCCCCC. The zero-order chi connectivity index (χ0) is 27.4. The fraction of sp³-hybridized carbons (Fsp3) is 1.00. The maximum atomic E-state index is 9.97. The van der Waals surface area contributed by atoms with Crippen molar-refractivity contribution in [2.75, 3.05) is 26.4 Å². The van der Waals surface area contributed by atoms with Crippen molar-refractivity contribution in [2.24, 2.45) is 0 Å². The van der Waals surface area contributed by atoms with Gasteiger partial charge in [0.2, 0.25) is 0 Å². The first-order valence-electron chi connectivity index (χ1n) is 16.1. The number of unbranched alkanes of at least 4 members (excludes halogenated alkanes) is 19. The molecule has 0 saturated carbocycles. The minimum atomic E-state index is -0.889. The quantitative estimate of drug-likeness (QED) is 0.0903. The van der Waals surface area contributed by atoms with Crippen LogP contribution in [0, 0.1) is 0 Å². The van der Waals surface area contributed by atoms with Crippen molar-refractivity contribution in [1.29, 1.82) is 0 Å². The molecule has 3 unspecified atom stereocenters. The smallest absolute Gasteiger partial charge is 0.112 e. The Hall–Kier alpha value is -0.135. The molecule has 0 spiro atoms. The molecule has 220 valence electrons. The van der Waals surface area contributed by atoms with Crippen molar-refractivity contribution in [1.82, 2.24) is 0 Å². The van der Waals surface area contributed by atoms with Gasteiger partial charge in [0.15, 0.2) is 0 Å². The fourth-order valence-electron chi connectivity index (χ4n) is 4.91. The van der Waals surface area contributed by atoms with E-state index in [2.05, 4.69) is 6.92 Å². The summed E-state index contributed by atoms with van der Waals surface area (Å²) in [5.41, 5.74) is 0.